The zero-order valence-electron chi connectivity index (χ0n) is 20.0. The van der Waals surface area contributed by atoms with Gasteiger partial charge in [-0.3, -0.25) is 14.4 Å². The fraction of sp³-hybridized carbons (Fsp3) is 0.296. The van der Waals surface area contributed by atoms with Gasteiger partial charge in [-0.1, -0.05) is 60.7 Å². The number of carbonyl (C=O) groups excluding carboxylic acids is 3. The van der Waals surface area contributed by atoms with E-state index in [4.69, 9.17) is 5.73 Å². The van der Waals surface area contributed by atoms with E-state index in [1.54, 1.807) is 38.1 Å². The van der Waals surface area contributed by atoms with Gasteiger partial charge in [0.15, 0.2) is 0 Å². The number of nitrogens with one attached hydrogen (secondary N) is 3. The van der Waals surface area contributed by atoms with Gasteiger partial charge in [0, 0.05) is 18.5 Å². The predicted molar refractivity (Wildman–Crippen MR) is 141 cm³/mol. The molecule has 0 aliphatic carbocycles. The molecule has 3 rings (SSSR count). The Balaban J connectivity index is 0.00000432. The summed E-state index contributed by atoms with van der Waals surface area (Å²) in [7, 11) is 0. The highest BCUT2D eigenvalue weighted by molar-refractivity contribution is 6.00. The van der Waals surface area contributed by atoms with Crippen LogP contribution in [0.4, 0.5) is 0 Å². The van der Waals surface area contributed by atoms with Crippen molar-refractivity contribution in [3.05, 3.63) is 83.9 Å². The number of nitrogens with two attached hydrogens (primary N) is 1. The molecular formula is C27H33ClN4O3. The molecule has 8 heteroatoms. The zero-order valence-corrected chi connectivity index (χ0v) is 20.9. The van der Waals surface area contributed by atoms with Gasteiger partial charge in [-0.15, -0.1) is 12.4 Å². The van der Waals surface area contributed by atoms with Crippen LogP contribution in [0.15, 0.2) is 72.8 Å². The maximum Gasteiger partial charge on any atom is 0.252 e. The molecule has 5 N–H and O–H groups in total. The predicted octanol–water partition coefficient (Wildman–Crippen LogP) is 2.96. The Morgan fingerprint density at radius 1 is 0.914 bits per heavy atom. The lowest BCUT2D eigenvalue weighted by Crippen LogP contribution is -2.59. The molecule has 3 aromatic rings. The van der Waals surface area contributed by atoms with Crippen LogP contribution < -0.4 is 21.7 Å². The lowest BCUT2D eigenvalue weighted by Gasteiger charge is -2.28. The molecule has 35 heavy (non-hydrogen) atoms. The van der Waals surface area contributed by atoms with E-state index >= 15 is 0 Å². The summed E-state index contributed by atoms with van der Waals surface area (Å²) in [5, 5.41) is 10.6. The van der Waals surface area contributed by atoms with Gasteiger partial charge >= 0.3 is 0 Å². The molecule has 0 saturated heterocycles. The maximum atomic E-state index is 13.2. The smallest absolute Gasteiger partial charge is 0.252 e. The number of hydrogen-bond acceptors (Lipinski definition) is 4. The molecule has 0 radical (unpaired) electrons. The SMILES string of the molecule is CC(C)(NC(=O)c1ccccc1)C(=O)NC(Cc1ccc2ccccc2c1)C(=O)NCCCN.Cl. The Labute approximate surface area is 212 Å². The molecule has 0 spiro atoms. The van der Waals surface area contributed by atoms with Crippen LogP contribution in [0.5, 0.6) is 0 Å². The molecule has 3 amide bonds. The molecule has 0 aliphatic rings. The van der Waals surface area contributed by atoms with Crippen LogP contribution in [-0.2, 0) is 16.0 Å². The summed E-state index contributed by atoms with van der Waals surface area (Å²) in [6.45, 7) is 4.11. The molecule has 1 unspecified atom stereocenters. The molecule has 0 aromatic heterocycles. The van der Waals surface area contributed by atoms with E-state index in [9.17, 15) is 14.4 Å². The molecule has 0 fully saturated rings. The molecule has 0 aliphatic heterocycles. The lowest BCUT2D eigenvalue weighted by molar-refractivity contribution is -0.131. The van der Waals surface area contributed by atoms with Crippen LogP contribution in [0.2, 0.25) is 0 Å². The second-order valence-corrected chi connectivity index (χ2v) is 8.79. The fourth-order valence-electron chi connectivity index (χ4n) is 3.59. The first kappa shape index (κ1) is 27.8. The van der Waals surface area contributed by atoms with E-state index in [1.807, 2.05) is 48.5 Å². The minimum atomic E-state index is -1.23. The third-order valence-electron chi connectivity index (χ3n) is 5.59. The van der Waals surface area contributed by atoms with Crippen molar-refractivity contribution in [2.75, 3.05) is 13.1 Å². The van der Waals surface area contributed by atoms with Crippen molar-refractivity contribution in [2.45, 2.75) is 38.3 Å². The summed E-state index contributed by atoms with van der Waals surface area (Å²) >= 11 is 0. The third kappa shape index (κ3) is 7.80. The van der Waals surface area contributed by atoms with Crippen molar-refractivity contribution in [1.29, 1.82) is 0 Å². The topological polar surface area (TPSA) is 113 Å². The van der Waals surface area contributed by atoms with E-state index in [0.29, 0.717) is 31.5 Å². The highest BCUT2D eigenvalue weighted by atomic mass is 35.5. The van der Waals surface area contributed by atoms with E-state index in [1.165, 1.54) is 0 Å². The summed E-state index contributed by atoms with van der Waals surface area (Å²) in [6.07, 6.45) is 0.953. The van der Waals surface area contributed by atoms with Gasteiger partial charge in [0.05, 0.1) is 0 Å². The van der Waals surface area contributed by atoms with Crippen LogP contribution in [-0.4, -0.2) is 42.4 Å². The Hall–Kier alpha value is -3.42. The summed E-state index contributed by atoms with van der Waals surface area (Å²) in [6, 6.07) is 21.8. The molecule has 0 saturated carbocycles. The van der Waals surface area contributed by atoms with Crippen LogP contribution in [0.25, 0.3) is 10.8 Å². The number of fused-ring (bicyclic) bond motifs is 1. The molecule has 186 valence electrons. The van der Waals surface area contributed by atoms with Crippen LogP contribution in [0.3, 0.4) is 0 Å². The maximum absolute atomic E-state index is 13.2. The number of rotatable bonds is 10. The van der Waals surface area contributed by atoms with E-state index < -0.39 is 17.5 Å². The van der Waals surface area contributed by atoms with Crippen molar-refractivity contribution in [3.63, 3.8) is 0 Å². The van der Waals surface area contributed by atoms with E-state index in [-0.39, 0.29) is 24.2 Å². The summed E-state index contributed by atoms with van der Waals surface area (Å²) < 4.78 is 0. The van der Waals surface area contributed by atoms with Crippen LogP contribution >= 0.6 is 12.4 Å². The average molecular weight is 497 g/mol. The first-order chi connectivity index (χ1) is 16.3. The van der Waals surface area contributed by atoms with E-state index in [0.717, 1.165) is 16.3 Å². The van der Waals surface area contributed by atoms with Crippen molar-refractivity contribution in [3.8, 4) is 0 Å². The van der Waals surface area contributed by atoms with Gasteiger partial charge < -0.3 is 21.7 Å². The number of halogens is 1. The first-order valence-corrected chi connectivity index (χ1v) is 11.4. The minimum Gasteiger partial charge on any atom is -0.354 e. The summed E-state index contributed by atoms with van der Waals surface area (Å²) in [5.74, 6) is -1.10. The van der Waals surface area contributed by atoms with Gasteiger partial charge in [-0.05, 0) is 55.3 Å². The largest absolute Gasteiger partial charge is 0.354 e. The zero-order chi connectivity index (χ0) is 24.6. The second-order valence-electron chi connectivity index (χ2n) is 8.79. The Morgan fingerprint density at radius 2 is 1.57 bits per heavy atom. The molecule has 7 nitrogen and oxygen atoms in total. The molecule has 0 bridgehead atoms. The summed E-state index contributed by atoms with van der Waals surface area (Å²) in [5.41, 5.74) is 5.68. The normalized spacial score (nSPS) is 11.7. The monoisotopic (exact) mass is 496 g/mol. The quantitative estimate of drug-likeness (QED) is 0.323. The Bertz CT molecular complexity index is 1150. The number of carbonyl (C=O) groups is 3. The Kier molecular flexibility index (Phi) is 10.2. The highest BCUT2D eigenvalue weighted by Gasteiger charge is 2.33. The van der Waals surface area contributed by atoms with Gasteiger partial charge in [-0.25, -0.2) is 0 Å². The number of hydrogen-bond donors (Lipinski definition) is 4. The standard InChI is InChI=1S/C27H32N4O3.ClH/c1-27(2,31-24(32)21-10-4-3-5-11-21)26(34)30-23(25(33)29-16-8-15-28)18-19-13-14-20-9-6-7-12-22(20)17-19;/h3-7,9-14,17,23H,8,15-16,18,28H2,1-2H3,(H,29,33)(H,30,34)(H,31,32);1H. The molecular weight excluding hydrogens is 464 g/mol. The van der Waals surface area contributed by atoms with Crippen molar-refractivity contribution >= 4 is 40.9 Å². The van der Waals surface area contributed by atoms with Crippen molar-refractivity contribution in [1.82, 2.24) is 16.0 Å². The van der Waals surface area contributed by atoms with Gasteiger partial charge in [0.25, 0.3) is 5.91 Å². The van der Waals surface area contributed by atoms with Gasteiger partial charge in [0.2, 0.25) is 11.8 Å². The third-order valence-corrected chi connectivity index (χ3v) is 5.59. The van der Waals surface area contributed by atoms with E-state index in [2.05, 4.69) is 16.0 Å². The highest BCUT2D eigenvalue weighted by Crippen LogP contribution is 2.17. The second kappa shape index (κ2) is 12.9. The summed E-state index contributed by atoms with van der Waals surface area (Å²) in [4.78, 5) is 38.7. The molecule has 0 heterocycles. The number of amides is 3. The van der Waals surface area contributed by atoms with Crippen LogP contribution in [0, 0.1) is 0 Å². The van der Waals surface area contributed by atoms with Crippen molar-refractivity contribution < 1.29 is 14.4 Å². The van der Waals surface area contributed by atoms with Crippen molar-refractivity contribution in [2.24, 2.45) is 5.73 Å². The Morgan fingerprint density at radius 3 is 2.26 bits per heavy atom. The van der Waals surface area contributed by atoms with Gasteiger partial charge in [0.1, 0.15) is 11.6 Å². The molecule has 3 aromatic carbocycles. The first-order valence-electron chi connectivity index (χ1n) is 11.4. The fourth-order valence-corrected chi connectivity index (χ4v) is 3.59. The average Bonchev–Trinajstić information content (AvgIpc) is 2.83. The lowest BCUT2D eigenvalue weighted by atomic mass is 9.98. The minimum absolute atomic E-state index is 0. The van der Waals surface area contributed by atoms with Crippen LogP contribution in [0.1, 0.15) is 36.2 Å². The van der Waals surface area contributed by atoms with Gasteiger partial charge in [-0.2, -0.15) is 0 Å². The molecule has 1 atom stereocenters. The number of benzene rings is 3.